The van der Waals surface area contributed by atoms with Crippen LogP contribution < -0.4 is 0 Å². The third kappa shape index (κ3) is 5.05. The van der Waals surface area contributed by atoms with Gasteiger partial charge in [0, 0.05) is 29.0 Å². The number of halogens is 2. The van der Waals surface area contributed by atoms with Crippen molar-refractivity contribution in [1.29, 1.82) is 0 Å². The van der Waals surface area contributed by atoms with Crippen molar-refractivity contribution in [3.8, 4) is 0 Å². The number of aldehydes is 1. The normalized spacial score (nSPS) is 28.5. The lowest BCUT2D eigenvalue weighted by molar-refractivity contribution is -0.162. The van der Waals surface area contributed by atoms with Gasteiger partial charge in [-0.3, -0.25) is 4.79 Å². The van der Waals surface area contributed by atoms with E-state index in [-0.39, 0.29) is 36.4 Å². The average molecular weight is 502 g/mol. The summed E-state index contributed by atoms with van der Waals surface area (Å²) in [7, 11) is 0. The summed E-state index contributed by atoms with van der Waals surface area (Å²) in [6, 6.07) is 15.4. The zero-order chi connectivity index (χ0) is 24.3. The van der Waals surface area contributed by atoms with Gasteiger partial charge in [0.05, 0.1) is 23.6 Å². The first-order valence-electron chi connectivity index (χ1n) is 12.3. The van der Waals surface area contributed by atoms with Gasteiger partial charge in [-0.1, -0.05) is 61.3 Å². The first-order valence-corrected chi connectivity index (χ1v) is 13.0. The van der Waals surface area contributed by atoms with Crippen LogP contribution in [0.2, 0.25) is 10.0 Å². The van der Waals surface area contributed by atoms with Crippen LogP contribution in [-0.4, -0.2) is 35.8 Å². The van der Waals surface area contributed by atoms with Crippen molar-refractivity contribution in [2.45, 2.75) is 76.5 Å². The largest absolute Gasteiger partial charge is 0.376 e. The molecule has 2 aliphatic rings. The maximum Gasteiger partial charge on any atom is 0.229 e. The number of hydrogen-bond donors (Lipinski definition) is 0. The van der Waals surface area contributed by atoms with Crippen LogP contribution in [0.15, 0.2) is 48.5 Å². The van der Waals surface area contributed by atoms with Crippen LogP contribution in [0.25, 0.3) is 0 Å². The summed E-state index contributed by atoms with van der Waals surface area (Å²) in [4.78, 5) is 28.0. The van der Waals surface area contributed by atoms with E-state index in [1.807, 2.05) is 49.4 Å². The minimum Gasteiger partial charge on any atom is -0.376 e. The van der Waals surface area contributed by atoms with E-state index in [0.717, 1.165) is 49.7 Å². The molecule has 0 saturated carbocycles. The third-order valence-corrected chi connectivity index (χ3v) is 8.03. The minimum absolute atomic E-state index is 0.0175. The number of piperidine rings is 1. The Bertz CT molecular complexity index is 1000. The molecule has 0 radical (unpaired) electrons. The maximum absolute atomic E-state index is 14.2. The number of nitrogens with zero attached hydrogens (tertiary/aromatic N) is 1. The number of hydrogen-bond acceptors (Lipinski definition) is 3. The predicted octanol–water partition coefficient (Wildman–Crippen LogP) is 6.99. The molecule has 4 rings (SSSR count). The summed E-state index contributed by atoms with van der Waals surface area (Å²) < 4.78 is 6.22. The van der Waals surface area contributed by atoms with Gasteiger partial charge < -0.3 is 14.4 Å². The van der Waals surface area contributed by atoms with Gasteiger partial charge in [-0.05, 0) is 67.5 Å². The van der Waals surface area contributed by atoms with Gasteiger partial charge in [0.25, 0.3) is 0 Å². The summed E-state index contributed by atoms with van der Waals surface area (Å²) in [6.07, 6.45) is 5.48. The van der Waals surface area contributed by atoms with Crippen LogP contribution in [0.3, 0.4) is 0 Å². The van der Waals surface area contributed by atoms with Crippen molar-refractivity contribution in [3.05, 3.63) is 69.7 Å². The molecule has 0 spiro atoms. The van der Waals surface area contributed by atoms with Gasteiger partial charge in [0.2, 0.25) is 5.91 Å². The molecule has 0 N–H and O–H groups in total. The molecule has 2 aliphatic heterocycles. The molecule has 2 fully saturated rings. The molecule has 182 valence electrons. The molecule has 2 unspecified atom stereocenters. The van der Waals surface area contributed by atoms with Crippen molar-refractivity contribution in [3.63, 3.8) is 0 Å². The molecule has 2 aromatic rings. The topological polar surface area (TPSA) is 46.6 Å². The Hall–Kier alpha value is -1.88. The van der Waals surface area contributed by atoms with Gasteiger partial charge in [0.15, 0.2) is 0 Å². The van der Waals surface area contributed by atoms with Crippen LogP contribution >= 0.6 is 23.2 Å². The van der Waals surface area contributed by atoms with Crippen LogP contribution in [0, 0.1) is 5.41 Å². The monoisotopic (exact) mass is 501 g/mol. The van der Waals surface area contributed by atoms with Crippen LogP contribution in [0.4, 0.5) is 0 Å². The van der Waals surface area contributed by atoms with E-state index in [2.05, 4.69) is 17.9 Å². The number of benzene rings is 2. The van der Waals surface area contributed by atoms with E-state index in [1.165, 1.54) is 0 Å². The highest BCUT2D eigenvalue weighted by Crippen LogP contribution is 2.52. The first-order chi connectivity index (χ1) is 16.4. The smallest absolute Gasteiger partial charge is 0.229 e. The molecule has 34 heavy (non-hydrogen) atoms. The SMILES string of the molecule is CCC(C1CCCCO1)N1C(=O)[C@@](C)(CC=O)C[C@H](c2cccc(Cl)c2)[C@H]1c1ccc(Cl)cc1. The van der Waals surface area contributed by atoms with Crippen molar-refractivity contribution >= 4 is 35.4 Å². The number of carbonyl (C=O) groups excluding carboxylic acids is 2. The number of rotatable bonds is 7. The Kier molecular flexibility index (Phi) is 8.01. The average Bonchev–Trinajstić information content (AvgIpc) is 2.84. The highest BCUT2D eigenvalue weighted by Gasteiger charge is 2.52. The molecular weight excluding hydrogens is 469 g/mol. The van der Waals surface area contributed by atoms with Crippen molar-refractivity contribution in [2.24, 2.45) is 5.41 Å². The number of likely N-dealkylation sites (tertiary alicyclic amines) is 1. The quantitative estimate of drug-likeness (QED) is 0.383. The Labute approximate surface area is 212 Å². The molecule has 0 aromatic heterocycles. The second-order valence-electron chi connectivity index (χ2n) is 9.89. The molecule has 2 heterocycles. The lowest BCUT2D eigenvalue weighted by Crippen LogP contribution is -2.59. The van der Waals surface area contributed by atoms with Crippen molar-refractivity contribution in [1.82, 2.24) is 4.90 Å². The molecule has 2 aromatic carbocycles. The lowest BCUT2D eigenvalue weighted by Gasteiger charge is -2.53. The molecule has 0 aliphatic carbocycles. The Morgan fingerprint density at radius 3 is 2.50 bits per heavy atom. The van der Waals surface area contributed by atoms with Crippen molar-refractivity contribution < 1.29 is 14.3 Å². The van der Waals surface area contributed by atoms with Gasteiger partial charge in [-0.15, -0.1) is 0 Å². The van der Waals surface area contributed by atoms with E-state index >= 15 is 0 Å². The highest BCUT2D eigenvalue weighted by atomic mass is 35.5. The highest BCUT2D eigenvalue weighted by molar-refractivity contribution is 6.30. The minimum atomic E-state index is -0.792. The van der Waals surface area contributed by atoms with Gasteiger partial charge >= 0.3 is 0 Å². The third-order valence-electron chi connectivity index (χ3n) is 7.54. The number of ether oxygens (including phenoxy) is 1. The molecule has 5 atom stereocenters. The molecular formula is C28H33Cl2NO3. The Balaban J connectivity index is 1.88. The predicted molar refractivity (Wildman–Crippen MR) is 136 cm³/mol. The molecule has 0 bridgehead atoms. The zero-order valence-electron chi connectivity index (χ0n) is 19.9. The molecule has 4 nitrogen and oxygen atoms in total. The van der Waals surface area contributed by atoms with E-state index in [4.69, 9.17) is 27.9 Å². The summed E-state index contributed by atoms with van der Waals surface area (Å²) in [6.45, 7) is 4.77. The summed E-state index contributed by atoms with van der Waals surface area (Å²) in [5, 5.41) is 1.32. The van der Waals surface area contributed by atoms with Crippen LogP contribution in [-0.2, 0) is 14.3 Å². The van der Waals surface area contributed by atoms with Crippen LogP contribution in [0.5, 0.6) is 0 Å². The molecule has 2 saturated heterocycles. The number of carbonyl (C=O) groups is 2. The molecule has 1 amide bonds. The van der Waals surface area contributed by atoms with E-state index < -0.39 is 5.41 Å². The van der Waals surface area contributed by atoms with Gasteiger partial charge in [0.1, 0.15) is 6.29 Å². The van der Waals surface area contributed by atoms with Crippen molar-refractivity contribution in [2.75, 3.05) is 6.61 Å². The second kappa shape index (κ2) is 10.8. The standard InChI is InChI=1S/C28H33Cl2NO3/c1-3-24(25-9-4-5-16-34-25)31-26(19-10-12-21(29)13-11-19)23(20-7-6-8-22(30)17-20)18-28(2,14-15-32)27(31)33/h6-8,10-13,15,17,23-26H,3-5,9,14,16,18H2,1-2H3/t23-,24?,25?,26-,28+/m1/s1. The fraction of sp³-hybridized carbons (Fsp3) is 0.500. The lowest BCUT2D eigenvalue weighted by atomic mass is 9.67. The summed E-state index contributed by atoms with van der Waals surface area (Å²) in [5.41, 5.74) is 1.31. The van der Waals surface area contributed by atoms with E-state index in [1.54, 1.807) is 0 Å². The first kappa shape index (κ1) is 25.2. The van der Waals surface area contributed by atoms with Gasteiger partial charge in [-0.2, -0.15) is 0 Å². The summed E-state index contributed by atoms with van der Waals surface area (Å²) in [5.74, 6) is -0.000910. The maximum atomic E-state index is 14.2. The Morgan fingerprint density at radius 1 is 1.12 bits per heavy atom. The fourth-order valence-electron chi connectivity index (χ4n) is 5.83. The fourth-order valence-corrected chi connectivity index (χ4v) is 6.15. The summed E-state index contributed by atoms with van der Waals surface area (Å²) >= 11 is 12.6. The van der Waals surface area contributed by atoms with E-state index in [9.17, 15) is 9.59 Å². The Morgan fingerprint density at radius 2 is 1.88 bits per heavy atom. The van der Waals surface area contributed by atoms with Gasteiger partial charge in [-0.25, -0.2) is 0 Å². The zero-order valence-corrected chi connectivity index (χ0v) is 21.4. The van der Waals surface area contributed by atoms with Crippen LogP contribution in [0.1, 0.15) is 75.5 Å². The van der Waals surface area contributed by atoms with E-state index in [0.29, 0.717) is 16.5 Å². The number of amides is 1. The molecule has 6 heteroatoms. The second-order valence-corrected chi connectivity index (χ2v) is 10.8.